The number of aliphatic imine (C=N–C) groups is 1. The van der Waals surface area contributed by atoms with Crippen molar-refractivity contribution in [2.75, 3.05) is 12.4 Å². The number of allylic oxidation sites excluding steroid dienone is 2. The molecule has 0 aliphatic rings. The number of nitrogens with one attached hydrogen (secondary N) is 1. The molecule has 0 heterocycles. The Labute approximate surface area is 106 Å². The molecule has 0 fully saturated rings. The zero-order valence-corrected chi connectivity index (χ0v) is 10.8. The molecule has 0 spiro atoms. The highest BCUT2D eigenvalue weighted by Crippen LogP contribution is 2.22. The average molecular weight is 247 g/mol. The van der Waals surface area contributed by atoms with E-state index >= 15 is 0 Å². The lowest BCUT2D eigenvalue weighted by Gasteiger charge is -2.09. The Hall–Kier alpha value is -2.17. The summed E-state index contributed by atoms with van der Waals surface area (Å²) < 4.78 is 0. The van der Waals surface area contributed by atoms with Crippen LogP contribution in [0.1, 0.15) is 18.9 Å². The summed E-state index contributed by atoms with van der Waals surface area (Å²) in [7, 11) is 1.70. The predicted molar refractivity (Wildman–Crippen MR) is 74.2 cm³/mol. The van der Waals surface area contributed by atoms with Crippen LogP contribution in [-0.4, -0.2) is 18.2 Å². The molecule has 5 heteroatoms. The molecule has 0 amide bonds. The van der Waals surface area contributed by atoms with Gasteiger partial charge in [0.15, 0.2) is 0 Å². The third-order valence-electron chi connectivity index (χ3n) is 2.38. The number of nitrogens with zero attached hydrogens (tertiary/aromatic N) is 2. The smallest absolute Gasteiger partial charge is 0.271 e. The minimum absolute atomic E-state index is 0.0945. The molecule has 1 aromatic carbocycles. The Morgan fingerprint density at radius 1 is 1.50 bits per heavy atom. The third-order valence-corrected chi connectivity index (χ3v) is 2.38. The number of benzene rings is 1. The van der Waals surface area contributed by atoms with Gasteiger partial charge in [-0.3, -0.25) is 15.1 Å². The fraction of sp³-hybridized carbons (Fsp3) is 0.308. The molecular weight excluding hydrogens is 230 g/mol. The van der Waals surface area contributed by atoms with Crippen molar-refractivity contribution in [3.63, 3.8) is 0 Å². The van der Waals surface area contributed by atoms with Crippen molar-refractivity contribution in [2.24, 2.45) is 4.99 Å². The van der Waals surface area contributed by atoms with Crippen molar-refractivity contribution in [3.05, 3.63) is 45.6 Å². The number of anilines is 1. The molecule has 1 rings (SSSR count). The maximum Gasteiger partial charge on any atom is 0.271 e. The summed E-state index contributed by atoms with van der Waals surface area (Å²) in [5.41, 5.74) is 2.63. The molecule has 5 nitrogen and oxygen atoms in total. The van der Waals surface area contributed by atoms with E-state index in [1.54, 1.807) is 19.3 Å². The molecular formula is C13H17N3O2. The molecule has 18 heavy (non-hydrogen) atoms. The van der Waals surface area contributed by atoms with Crippen LogP contribution in [0.5, 0.6) is 0 Å². The third kappa shape index (κ3) is 4.01. The zero-order valence-electron chi connectivity index (χ0n) is 10.8. The molecule has 1 N–H and O–H groups in total. The van der Waals surface area contributed by atoms with Gasteiger partial charge in [0.1, 0.15) is 0 Å². The van der Waals surface area contributed by atoms with Crippen molar-refractivity contribution in [1.29, 1.82) is 0 Å². The van der Waals surface area contributed by atoms with Gasteiger partial charge in [-0.1, -0.05) is 6.92 Å². The van der Waals surface area contributed by atoms with Gasteiger partial charge >= 0.3 is 0 Å². The monoisotopic (exact) mass is 247 g/mol. The highest BCUT2D eigenvalue weighted by atomic mass is 16.6. The lowest BCUT2D eigenvalue weighted by Crippen LogP contribution is -2.00. The molecule has 0 aromatic heterocycles. The van der Waals surface area contributed by atoms with Gasteiger partial charge in [0.2, 0.25) is 0 Å². The lowest BCUT2D eigenvalue weighted by molar-refractivity contribution is -0.384. The van der Waals surface area contributed by atoms with Gasteiger partial charge in [-0.05, 0) is 31.1 Å². The SMILES string of the molecule is CC/C(=C\C=NC)Nc1cc(C)cc([N+](=O)[O-])c1. The maximum absolute atomic E-state index is 10.8. The van der Waals surface area contributed by atoms with E-state index in [0.29, 0.717) is 0 Å². The van der Waals surface area contributed by atoms with Gasteiger partial charge in [-0.15, -0.1) is 0 Å². The highest BCUT2D eigenvalue weighted by Gasteiger charge is 2.08. The molecule has 0 unspecified atom stereocenters. The molecule has 0 aliphatic carbocycles. The number of nitro groups is 1. The van der Waals surface area contributed by atoms with E-state index in [-0.39, 0.29) is 10.6 Å². The quantitative estimate of drug-likeness (QED) is 0.493. The Balaban J connectivity index is 2.99. The van der Waals surface area contributed by atoms with E-state index in [9.17, 15) is 10.1 Å². The van der Waals surface area contributed by atoms with E-state index in [4.69, 9.17) is 0 Å². The molecule has 0 saturated heterocycles. The fourth-order valence-corrected chi connectivity index (χ4v) is 1.54. The summed E-state index contributed by atoms with van der Waals surface area (Å²) >= 11 is 0. The second-order valence-corrected chi connectivity index (χ2v) is 3.89. The average Bonchev–Trinajstić information content (AvgIpc) is 2.33. The molecule has 0 bridgehead atoms. The van der Waals surface area contributed by atoms with Crippen molar-refractivity contribution >= 4 is 17.6 Å². The van der Waals surface area contributed by atoms with Gasteiger partial charge in [0.25, 0.3) is 5.69 Å². The van der Waals surface area contributed by atoms with Crippen LogP contribution in [0.3, 0.4) is 0 Å². The van der Waals surface area contributed by atoms with Gasteiger partial charge < -0.3 is 5.32 Å². The van der Waals surface area contributed by atoms with Gasteiger partial charge in [0.05, 0.1) is 4.92 Å². The van der Waals surface area contributed by atoms with Gasteiger partial charge in [-0.2, -0.15) is 0 Å². The molecule has 0 aliphatic heterocycles. The summed E-state index contributed by atoms with van der Waals surface area (Å²) in [6, 6.07) is 4.95. The number of hydrogen-bond donors (Lipinski definition) is 1. The number of rotatable bonds is 5. The second-order valence-electron chi connectivity index (χ2n) is 3.89. The summed E-state index contributed by atoms with van der Waals surface area (Å²) in [6.07, 6.45) is 4.35. The van der Waals surface area contributed by atoms with Gasteiger partial charge in [-0.25, -0.2) is 0 Å². The van der Waals surface area contributed by atoms with Crippen molar-refractivity contribution in [3.8, 4) is 0 Å². The highest BCUT2D eigenvalue weighted by molar-refractivity contribution is 5.73. The van der Waals surface area contributed by atoms with Crippen LogP contribution < -0.4 is 5.32 Å². The first-order valence-electron chi connectivity index (χ1n) is 5.71. The van der Waals surface area contributed by atoms with Crippen LogP contribution in [0, 0.1) is 17.0 Å². The summed E-state index contributed by atoms with van der Waals surface area (Å²) in [6.45, 7) is 3.84. The van der Waals surface area contributed by atoms with Crippen molar-refractivity contribution in [2.45, 2.75) is 20.3 Å². The summed E-state index contributed by atoms with van der Waals surface area (Å²) in [5.74, 6) is 0. The van der Waals surface area contributed by atoms with Crippen LogP contribution in [0.4, 0.5) is 11.4 Å². The van der Waals surface area contributed by atoms with E-state index < -0.39 is 0 Å². The summed E-state index contributed by atoms with van der Waals surface area (Å²) in [5, 5.41) is 13.9. The predicted octanol–water partition coefficient (Wildman–Crippen LogP) is 3.31. The normalized spacial score (nSPS) is 11.8. The van der Waals surface area contributed by atoms with Crippen LogP contribution in [0.25, 0.3) is 0 Å². The standard InChI is InChI=1S/C13H17N3O2/c1-4-11(5-6-14-3)15-12-7-10(2)8-13(9-12)16(17)18/h5-9,15H,4H2,1-3H3/b11-5+,14-6?. The first kappa shape index (κ1) is 13.9. The Kier molecular flexibility index (Phi) is 5.05. The maximum atomic E-state index is 10.8. The van der Waals surface area contributed by atoms with Crippen molar-refractivity contribution in [1.82, 2.24) is 0 Å². The van der Waals surface area contributed by atoms with Crippen LogP contribution in [0.2, 0.25) is 0 Å². The fourth-order valence-electron chi connectivity index (χ4n) is 1.54. The van der Waals surface area contributed by atoms with E-state index in [1.165, 1.54) is 6.07 Å². The minimum atomic E-state index is -0.388. The second kappa shape index (κ2) is 6.54. The number of aryl methyl sites for hydroxylation is 1. The van der Waals surface area contributed by atoms with Crippen LogP contribution in [-0.2, 0) is 0 Å². The largest absolute Gasteiger partial charge is 0.359 e. The lowest BCUT2D eigenvalue weighted by atomic mass is 10.2. The van der Waals surface area contributed by atoms with Crippen molar-refractivity contribution < 1.29 is 4.92 Å². The number of non-ortho nitro benzene ring substituents is 1. The Morgan fingerprint density at radius 2 is 2.22 bits per heavy atom. The zero-order chi connectivity index (χ0) is 13.5. The van der Waals surface area contributed by atoms with Crippen LogP contribution >= 0.6 is 0 Å². The first-order valence-corrected chi connectivity index (χ1v) is 5.71. The van der Waals surface area contributed by atoms with Gasteiger partial charge in [0, 0.05) is 36.8 Å². The molecule has 96 valence electrons. The Morgan fingerprint density at radius 3 is 2.78 bits per heavy atom. The molecule has 0 radical (unpaired) electrons. The topological polar surface area (TPSA) is 67.5 Å². The van der Waals surface area contributed by atoms with E-state index in [2.05, 4.69) is 10.3 Å². The summed E-state index contributed by atoms with van der Waals surface area (Å²) in [4.78, 5) is 14.3. The molecule has 0 atom stereocenters. The first-order chi connectivity index (χ1) is 8.56. The van der Waals surface area contributed by atoms with E-state index in [1.807, 2.05) is 26.0 Å². The van der Waals surface area contributed by atoms with Crippen LogP contribution in [0.15, 0.2) is 35.0 Å². The van der Waals surface area contributed by atoms with E-state index in [0.717, 1.165) is 23.4 Å². The Bertz CT molecular complexity index is 493. The minimum Gasteiger partial charge on any atom is -0.359 e. The number of hydrogen-bond acceptors (Lipinski definition) is 4. The molecule has 1 aromatic rings. The molecule has 0 saturated carbocycles. The number of nitro benzene ring substituents is 1.